The summed E-state index contributed by atoms with van der Waals surface area (Å²) in [5, 5.41) is 21.0. The molecule has 1 saturated heterocycles. The Balaban J connectivity index is -0.0000000458. The molecule has 0 aromatic carbocycles. The predicted molar refractivity (Wildman–Crippen MR) is 55.7 cm³/mol. The van der Waals surface area contributed by atoms with Crippen LogP contribution in [0.25, 0.3) is 0 Å². The standard InChI is InChI=1S/C5H9NO2.3CH4.Li.HNO3/c7-5(8)4-2-1-3-6-4;;;;;2-1-4-3/h4,6H,1-3H2,(H,7,8);3*1H4;;3H/q;;;;+1;/p-1/t4-;;;;;/m0...../s1. The van der Waals surface area contributed by atoms with Crippen LogP contribution >= 0.6 is 0 Å². The molecule has 0 spiro atoms. The minimum atomic E-state index is -0.720. The molecule has 0 amide bonds. The van der Waals surface area contributed by atoms with Crippen molar-refractivity contribution < 1.29 is 39.0 Å². The van der Waals surface area contributed by atoms with E-state index in [9.17, 15) is 4.79 Å². The number of hydrogen-bond acceptors (Lipinski definition) is 6. The van der Waals surface area contributed by atoms with Crippen molar-refractivity contribution in [1.82, 2.24) is 5.32 Å². The maximum absolute atomic E-state index is 10.1. The second kappa shape index (κ2) is 19.9. The van der Waals surface area contributed by atoms with Gasteiger partial charge < -0.3 is 20.7 Å². The number of carboxylic acid groups (broad SMARTS) is 1. The molecule has 0 bridgehead atoms. The fourth-order valence-electron chi connectivity index (χ4n) is 0.895. The van der Waals surface area contributed by atoms with Gasteiger partial charge in [0.15, 0.2) is 0 Å². The third-order valence-corrected chi connectivity index (χ3v) is 1.39. The van der Waals surface area contributed by atoms with E-state index in [-0.39, 0.29) is 47.2 Å². The zero-order valence-corrected chi connectivity index (χ0v) is 7.23. The Kier molecular flexibility index (Phi) is 36.7. The van der Waals surface area contributed by atoms with E-state index in [0.29, 0.717) is 0 Å². The maximum Gasteiger partial charge on any atom is 1.00 e. The van der Waals surface area contributed by atoms with Gasteiger partial charge in [-0.2, -0.15) is 0 Å². The Morgan fingerprint density at radius 2 is 1.88 bits per heavy atom. The molecule has 0 radical (unpaired) electrons. The van der Waals surface area contributed by atoms with E-state index in [1.54, 1.807) is 0 Å². The Hall–Kier alpha value is -0.613. The van der Waals surface area contributed by atoms with Crippen molar-refractivity contribution in [3.05, 3.63) is 4.91 Å². The molecule has 2 N–H and O–H groups in total. The molecule has 0 aromatic rings. The monoisotopic (exact) mass is 232 g/mol. The molecule has 0 saturated carbocycles. The fourth-order valence-corrected chi connectivity index (χ4v) is 0.895. The fraction of sp³-hybridized carbons (Fsp3) is 0.875. The number of nitrogens with zero attached hydrogens (tertiary/aromatic N) is 1. The summed E-state index contributed by atoms with van der Waals surface area (Å²) in [6.45, 7) is 0.858. The van der Waals surface area contributed by atoms with Gasteiger partial charge in [0.05, 0.1) is 0 Å². The van der Waals surface area contributed by atoms with Gasteiger partial charge in [-0.1, -0.05) is 22.3 Å². The van der Waals surface area contributed by atoms with Gasteiger partial charge in [-0.3, -0.25) is 4.79 Å². The first kappa shape index (κ1) is 29.5. The van der Waals surface area contributed by atoms with Crippen molar-refractivity contribution in [2.24, 2.45) is 5.34 Å². The molecule has 8 heteroatoms. The van der Waals surface area contributed by atoms with E-state index in [0.717, 1.165) is 19.4 Å². The number of carbonyl (C=O) groups is 1. The molecule has 1 aliphatic heterocycles. The summed E-state index contributed by atoms with van der Waals surface area (Å²) < 4.78 is 0. The molecule has 94 valence electrons. The number of carboxylic acids is 1. The average Bonchev–Trinajstić information content (AvgIpc) is 2.57. The number of nitrogens with one attached hydrogen (secondary N) is 1. The summed E-state index contributed by atoms with van der Waals surface area (Å²) in [4.78, 5) is 20.9. The first-order valence-corrected chi connectivity index (χ1v) is 3.30. The Morgan fingerprint density at radius 3 is 2.00 bits per heavy atom. The Labute approximate surface area is 109 Å². The Bertz CT molecular complexity index is 153. The van der Waals surface area contributed by atoms with Crippen molar-refractivity contribution >= 4 is 5.97 Å². The van der Waals surface area contributed by atoms with Gasteiger partial charge in [-0.15, -0.1) is 4.91 Å². The summed E-state index contributed by atoms with van der Waals surface area (Å²) >= 11 is 0. The van der Waals surface area contributed by atoms with E-state index in [2.05, 4.69) is 10.3 Å². The van der Waals surface area contributed by atoms with Crippen LogP contribution in [0.5, 0.6) is 0 Å². The zero-order valence-electron chi connectivity index (χ0n) is 7.23. The molecule has 1 heterocycles. The largest absolute Gasteiger partial charge is 1.00 e. The van der Waals surface area contributed by atoms with Crippen LogP contribution in [0, 0.1) is 4.91 Å². The van der Waals surface area contributed by atoms with Crippen LogP contribution in [0.2, 0.25) is 0 Å². The second-order valence-corrected chi connectivity index (χ2v) is 2.14. The number of aliphatic carboxylic acids is 1. The smallest absolute Gasteiger partial charge is 0.635 e. The Morgan fingerprint density at radius 1 is 1.44 bits per heavy atom. The molecule has 1 atom stereocenters. The van der Waals surface area contributed by atoms with E-state index >= 15 is 0 Å². The van der Waals surface area contributed by atoms with E-state index in [1.165, 1.54) is 5.34 Å². The SMILES string of the molecule is C.C.C.O=C(O)[C@@H]1CCCN1.O=NO[O-].[Li+]. The van der Waals surface area contributed by atoms with Gasteiger partial charge >= 0.3 is 24.8 Å². The van der Waals surface area contributed by atoms with Crippen molar-refractivity contribution in [1.29, 1.82) is 0 Å². The predicted octanol–water partition coefficient (Wildman–Crippen LogP) is -2.30. The normalized spacial score (nSPS) is 15.4. The molecular formula is C8H21LiN2O5. The van der Waals surface area contributed by atoms with Gasteiger partial charge in [0.25, 0.3) is 0 Å². The summed E-state index contributed by atoms with van der Waals surface area (Å²) in [5.41, 5.74) is 0. The molecule has 0 aliphatic carbocycles. The van der Waals surface area contributed by atoms with Crippen LogP contribution in [0.4, 0.5) is 0 Å². The van der Waals surface area contributed by atoms with Crippen molar-refractivity contribution in [2.45, 2.75) is 41.2 Å². The summed E-state index contributed by atoms with van der Waals surface area (Å²) in [7, 11) is 0. The summed E-state index contributed by atoms with van der Waals surface area (Å²) in [5.74, 6) is -0.720. The van der Waals surface area contributed by atoms with E-state index < -0.39 is 5.97 Å². The van der Waals surface area contributed by atoms with Crippen LogP contribution in [0.1, 0.15) is 35.1 Å². The number of rotatable bonds is 2. The first-order valence-electron chi connectivity index (χ1n) is 3.30. The minimum absolute atomic E-state index is 0. The molecule has 1 fully saturated rings. The van der Waals surface area contributed by atoms with E-state index in [4.69, 9.17) is 15.3 Å². The molecule has 0 aromatic heterocycles. The quantitative estimate of drug-likeness (QED) is 0.239. The third-order valence-electron chi connectivity index (χ3n) is 1.39. The molecule has 7 nitrogen and oxygen atoms in total. The van der Waals surface area contributed by atoms with Crippen LogP contribution in [-0.4, -0.2) is 23.7 Å². The third kappa shape index (κ3) is 15.8. The van der Waals surface area contributed by atoms with Crippen molar-refractivity contribution in [2.75, 3.05) is 6.54 Å². The van der Waals surface area contributed by atoms with Gasteiger partial charge in [-0.25, -0.2) is 0 Å². The van der Waals surface area contributed by atoms with Gasteiger partial charge in [-0.05, 0) is 19.4 Å². The second-order valence-electron chi connectivity index (χ2n) is 2.14. The van der Waals surface area contributed by atoms with Crippen LogP contribution in [0.15, 0.2) is 5.34 Å². The topological polar surface area (TPSA) is 111 Å². The zero-order chi connectivity index (χ0) is 9.40. The van der Waals surface area contributed by atoms with Gasteiger partial charge in [0.2, 0.25) is 0 Å². The average molecular weight is 232 g/mol. The summed E-state index contributed by atoms with van der Waals surface area (Å²) in [6.07, 6.45) is 1.78. The van der Waals surface area contributed by atoms with Gasteiger partial charge in [0.1, 0.15) is 11.4 Å². The van der Waals surface area contributed by atoms with Crippen molar-refractivity contribution in [3.63, 3.8) is 0 Å². The molecule has 0 unspecified atom stereocenters. The summed E-state index contributed by atoms with van der Waals surface area (Å²) in [6, 6.07) is -0.269. The maximum atomic E-state index is 10.1. The number of hydrogen-bond donors (Lipinski definition) is 2. The van der Waals surface area contributed by atoms with E-state index in [1.807, 2.05) is 0 Å². The molecule has 16 heavy (non-hydrogen) atoms. The molecular weight excluding hydrogens is 211 g/mol. The molecule has 1 aliphatic rings. The first-order chi connectivity index (χ1) is 5.72. The van der Waals surface area contributed by atoms with Gasteiger partial charge in [0, 0.05) is 0 Å². The minimum Gasteiger partial charge on any atom is -0.635 e. The van der Waals surface area contributed by atoms with Crippen LogP contribution in [0.3, 0.4) is 0 Å². The van der Waals surface area contributed by atoms with Crippen LogP contribution in [-0.2, 0) is 9.78 Å². The van der Waals surface area contributed by atoms with Crippen molar-refractivity contribution in [3.8, 4) is 0 Å². The molecule has 1 rings (SSSR count). The van der Waals surface area contributed by atoms with Crippen LogP contribution < -0.4 is 29.4 Å².